The molecule has 1 rings (SSSR count). The summed E-state index contributed by atoms with van der Waals surface area (Å²) in [5.41, 5.74) is 0. The number of aliphatic hydroxyl groups excluding tert-OH is 2. The Hall–Kier alpha value is -3.32. The van der Waals surface area contributed by atoms with Gasteiger partial charge in [0.25, 0.3) is 0 Å². The second-order valence-electron chi connectivity index (χ2n) is 17.4. The number of aliphatic carboxylic acids is 1. The number of hydrogen-bond donors (Lipinski definition) is 3. The van der Waals surface area contributed by atoms with Crippen LogP contribution in [0.15, 0.2) is 48.6 Å². The van der Waals surface area contributed by atoms with Crippen molar-refractivity contribution in [2.24, 2.45) is 0 Å². The van der Waals surface area contributed by atoms with Gasteiger partial charge in [-0.1, -0.05) is 185 Å². The summed E-state index contributed by atoms with van der Waals surface area (Å²) in [6, 6.07) is 0. The molecule has 374 valence electrons. The van der Waals surface area contributed by atoms with Crippen molar-refractivity contribution in [3.05, 3.63) is 48.6 Å². The van der Waals surface area contributed by atoms with E-state index in [-0.39, 0.29) is 25.9 Å². The minimum Gasteiger partial charge on any atom is -0.479 e. The molecule has 1 aliphatic heterocycles. The fourth-order valence-corrected chi connectivity index (χ4v) is 7.48. The lowest BCUT2D eigenvalue weighted by atomic mass is 9.98. The fourth-order valence-electron chi connectivity index (χ4n) is 7.48. The Balaban J connectivity index is 2.76. The van der Waals surface area contributed by atoms with Gasteiger partial charge in [-0.05, 0) is 57.8 Å². The number of carbonyl (C=O) groups is 4. The molecule has 1 saturated heterocycles. The number of aliphatic hydroxyl groups is 2. The third-order valence-corrected chi connectivity index (χ3v) is 11.4. The highest BCUT2D eigenvalue weighted by atomic mass is 16.7. The minimum atomic E-state index is -1.90. The first-order valence-electron chi connectivity index (χ1n) is 25.6. The summed E-state index contributed by atoms with van der Waals surface area (Å²) in [7, 11) is 0. The molecule has 1 fully saturated rings. The van der Waals surface area contributed by atoms with Crippen molar-refractivity contribution < 1.29 is 58.2 Å². The molecule has 1 heterocycles. The molecule has 1 aliphatic rings. The first-order valence-corrected chi connectivity index (χ1v) is 25.6. The lowest BCUT2D eigenvalue weighted by Crippen LogP contribution is -2.61. The first-order chi connectivity index (χ1) is 31.6. The SMILES string of the molecule is CC/C=C\C/C=C\C/C=C\C/C=C\CCCCC(=O)OCC(COC1OC(C(=O)O)C(O)C(O)C1OC(=O)CCCCCCCCCCC)OC(=O)CCCCCCCCCCCCC. The maximum absolute atomic E-state index is 13.0. The van der Waals surface area contributed by atoms with Gasteiger partial charge < -0.3 is 39.0 Å². The Bertz CT molecular complexity index is 1330. The van der Waals surface area contributed by atoms with Gasteiger partial charge in [-0.15, -0.1) is 0 Å². The lowest BCUT2D eigenvalue weighted by molar-refractivity contribution is -0.301. The van der Waals surface area contributed by atoms with Crippen molar-refractivity contribution in [2.75, 3.05) is 13.2 Å². The van der Waals surface area contributed by atoms with Crippen LogP contribution in [-0.2, 0) is 42.9 Å². The second-order valence-corrected chi connectivity index (χ2v) is 17.4. The predicted octanol–water partition coefficient (Wildman–Crippen LogP) is 11.9. The van der Waals surface area contributed by atoms with Crippen molar-refractivity contribution in [1.29, 1.82) is 0 Å². The molecule has 0 amide bonds. The normalized spacial score (nSPS) is 19.4. The predicted molar refractivity (Wildman–Crippen MR) is 257 cm³/mol. The summed E-state index contributed by atoms with van der Waals surface area (Å²) >= 11 is 0. The van der Waals surface area contributed by atoms with Crippen LogP contribution in [0.5, 0.6) is 0 Å². The van der Waals surface area contributed by atoms with E-state index in [1.165, 1.54) is 70.6 Å². The van der Waals surface area contributed by atoms with Crippen LogP contribution in [0.3, 0.4) is 0 Å². The number of unbranched alkanes of at least 4 members (excludes halogenated alkanes) is 20. The van der Waals surface area contributed by atoms with E-state index in [2.05, 4.69) is 69.4 Å². The van der Waals surface area contributed by atoms with E-state index < -0.39 is 67.3 Å². The average Bonchev–Trinajstić information content (AvgIpc) is 3.29. The smallest absolute Gasteiger partial charge is 0.335 e. The molecule has 0 saturated carbocycles. The van der Waals surface area contributed by atoms with Crippen molar-refractivity contribution in [1.82, 2.24) is 0 Å². The molecule has 0 aromatic carbocycles. The molecule has 6 atom stereocenters. The summed E-state index contributed by atoms with van der Waals surface area (Å²) in [4.78, 5) is 50.7. The number of ether oxygens (including phenoxy) is 5. The highest BCUT2D eigenvalue weighted by molar-refractivity contribution is 5.74. The largest absolute Gasteiger partial charge is 0.479 e. The van der Waals surface area contributed by atoms with Crippen LogP contribution >= 0.6 is 0 Å². The Labute approximate surface area is 393 Å². The molecule has 0 bridgehead atoms. The molecule has 65 heavy (non-hydrogen) atoms. The summed E-state index contributed by atoms with van der Waals surface area (Å²) in [6.45, 7) is 5.77. The van der Waals surface area contributed by atoms with Gasteiger partial charge >= 0.3 is 23.9 Å². The van der Waals surface area contributed by atoms with Gasteiger partial charge in [-0.2, -0.15) is 0 Å². The summed E-state index contributed by atoms with van der Waals surface area (Å²) in [5, 5.41) is 31.2. The molecule has 0 aromatic heterocycles. The van der Waals surface area contributed by atoms with Gasteiger partial charge in [0.05, 0.1) is 6.61 Å². The van der Waals surface area contributed by atoms with Gasteiger partial charge in [0.2, 0.25) is 0 Å². The number of carboxylic acid groups (broad SMARTS) is 1. The Morgan fingerprint density at radius 1 is 0.523 bits per heavy atom. The summed E-state index contributed by atoms with van der Waals surface area (Å²) in [6.07, 6.45) is 35.5. The van der Waals surface area contributed by atoms with E-state index in [1.807, 2.05) is 0 Å². The third-order valence-electron chi connectivity index (χ3n) is 11.4. The van der Waals surface area contributed by atoms with Crippen LogP contribution in [0.25, 0.3) is 0 Å². The molecular formula is C53H90O12. The number of hydrogen-bond acceptors (Lipinski definition) is 11. The number of allylic oxidation sites excluding steroid dienone is 8. The number of rotatable bonds is 42. The summed E-state index contributed by atoms with van der Waals surface area (Å²) in [5.74, 6) is -3.17. The van der Waals surface area contributed by atoms with E-state index in [4.69, 9.17) is 23.7 Å². The zero-order valence-corrected chi connectivity index (χ0v) is 40.7. The van der Waals surface area contributed by atoms with Gasteiger partial charge in [0, 0.05) is 19.3 Å². The topological polar surface area (TPSA) is 175 Å². The van der Waals surface area contributed by atoms with Gasteiger partial charge in [-0.25, -0.2) is 4.79 Å². The number of carbonyl (C=O) groups excluding carboxylic acids is 3. The van der Waals surface area contributed by atoms with Gasteiger partial charge in [0.15, 0.2) is 24.6 Å². The molecule has 3 N–H and O–H groups in total. The van der Waals surface area contributed by atoms with E-state index in [0.717, 1.165) is 83.5 Å². The average molecular weight is 919 g/mol. The maximum Gasteiger partial charge on any atom is 0.335 e. The van der Waals surface area contributed by atoms with E-state index in [1.54, 1.807) is 0 Å². The van der Waals surface area contributed by atoms with Crippen LogP contribution in [0.4, 0.5) is 0 Å². The van der Waals surface area contributed by atoms with E-state index >= 15 is 0 Å². The van der Waals surface area contributed by atoms with Crippen LogP contribution in [0.1, 0.15) is 213 Å². The molecule has 12 heteroatoms. The molecule has 0 aliphatic carbocycles. The number of carboxylic acids is 1. The molecule has 12 nitrogen and oxygen atoms in total. The standard InChI is InChI=1S/C53H90O12/c1-4-7-10-13-16-19-21-22-23-24-26-28-30-33-36-39-45(54)61-42-44(63-46(55)40-37-34-32-29-25-20-17-14-11-8-5-2)43-62-53-51(49(58)48(57)50(65-53)52(59)60)64-47(56)41-38-35-31-27-18-15-12-9-6-3/h7,10,16,19,22-23,26,28,44,48-51,53,57-58H,4-6,8-9,11-15,17-18,20-21,24-25,27,29-43H2,1-3H3,(H,59,60)/b10-7-,19-16-,23-22-,28-26-. The third kappa shape index (κ3) is 32.9. The first kappa shape index (κ1) is 59.7. The molecule has 0 aromatic rings. The monoisotopic (exact) mass is 919 g/mol. The van der Waals surface area contributed by atoms with Gasteiger partial charge in [0.1, 0.15) is 18.8 Å². The quantitative estimate of drug-likeness (QED) is 0.0229. The van der Waals surface area contributed by atoms with Gasteiger partial charge in [-0.3, -0.25) is 14.4 Å². The van der Waals surface area contributed by atoms with Crippen LogP contribution in [0.2, 0.25) is 0 Å². The summed E-state index contributed by atoms with van der Waals surface area (Å²) < 4.78 is 28.2. The lowest BCUT2D eigenvalue weighted by Gasteiger charge is -2.40. The maximum atomic E-state index is 13.0. The highest BCUT2D eigenvalue weighted by Crippen LogP contribution is 2.26. The minimum absolute atomic E-state index is 0.0584. The van der Waals surface area contributed by atoms with Crippen LogP contribution in [0, 0.1) is 0 Å². The fraction of sp³-hybridized carbons (Fsp3) is 0.774. The second kappa shape index (κ2) is 42.1. The highest BCUT2D eigenvalue weighted by Gasteiger charge is 2.50. The molecule has 6 unspecified atom stereocenters. The molecule has 0 spiro atoms. The van der Waals surface area contributed by atoms with Crippen LogP contribution < -0.4 is 0 Å². The van der Waals surface area contributed by atoms with Crippen molar-refractivity contribution in [2.45, 2.75) is 250 Å². The number of esters is 3. The van der Waals surface area contributed by atoms with E-state index in [9.17, 15) is 34.5 Å². The zero-order chi connectivity index (χ0) is 47.6. The Morgan fingerprint density at radius 3 is 1.48 bits per heavy atom. The van der Waals surface area contributed by atoms with Crippen molar-refractivity contribution in [3.8, 4) is 0 Å². The van der Waals surface area contributed by atoms with Crippen LogP contribution in [-0.4, -0.2) is 89.2 Å². The molecular weight excluding hydrogens is 829 g/mol. The zero-order valence-electron chi connectivity index (χ0n) is 40.7. The Kier molecular flexibility index (Phi) is 38.6. The van der Waals surface area contributed by atoms with Crippen molar-refractivity contribution in [3.63, 3.8) is 0 Å². The molecule has 0 radical (unpaired) electrons. The Morgan fingerprint density at radius 2 is 0.969 bits per heavy atom. The van der Waals surface area contributed by atoms with E-state index in [0.29, 0.717) is 19.3 Å². The van der Waals surface area contributed by atoms with Crippen molar-refractivity contribution >= 4 is 23.9 Å².